The lowest BCUT2D eigenvalue weighted by Gasteiger charge is -2.47. The lowest BCUT2D eigenvalue weighted by atomic mass is 9.83. The average Bonchev–Trinajstić information content (AvgIpc) is 3.06. The molecule has 0 saturated carbocycles. The van der Waals surface area contributed by atoms with Crippen molar-refractivity contribution >= 4 is 17.9 Å². The van der Waals surface area contributed by atoms with Crippen molar-refractivity contribution in [1.82, 2.24) is 10.2 Å². The molecular weight excluding hydrogens is 338 g/mol. The van der Waals surface area contributed by atoms with Gasteiger partial charge in [-0.25, -0.2) is 4.79 Å². The lowest BCUT2D eigenvalue weighted by molar-refractivity contribution is -0.173. The second kappa shape index (κ2) is 6.60. The molecule has 26 heavy (non-hydrogen) atoms. The third-order valence-corrected chi connectivity index (χ3v) is 5.33. The Balaban J connectivity index is 2.00. The van der Waals surface area contributed by atoms with Gasteiger partial charge in [0.05, 0.1) is 0 Å². The van der Waals surface area contributed by atoms with Crippen LogP contribution in [0.3, 0.4) is 0 Å². The van der Waals surface area contributed by atoms with E-state index in [-0.39, 0.29) is 12.3 Å². The van der Waals surface area contributed by atoms with Crippen LogP contribution in [0, 0.1) is 0 Å². The normalized spacial score (nSPS) is 25.2. The van der Waals surface area contributed by atoms with Crippen LogP contribution in [-0.4, -0.2) is 58.2 Å². The molecule has 140 valence electrons. The van der Waals surface area contributed by atoms with Gasteiger partial charge in [-0.05, 0) is 25.3 Å². The van der Waals surface area contributed by atoms with Gasteiger partial charge in [0.1, 0.15) is 11.6 Å². The molecule has 0 bridgehead atoms. The number of aliphatic hydroxyl groups excluding tert-OH is 1. The van der Waals surface area contributed by atoms with Gasteiger partial charge in [-0.3, -0.25) is 9.59 Å². The van der Waals surface area contributed by atoms with Crippen LogP contribution in [-0.2, 0) is 20.7 Å². The van der Waals surface area contributed by atoms with Gasteiger partial charge in [0.15, 0.2) is 0 Å². The van der Waals surface area contributed by atoms with Gasteiger partial charge in [-0.15, -0.1) is 0 Å². The number of primary amides is 1. The van der Waals surface area contributed by atoms with Crippen LogP contribution < -0.4 is 11.1 Å². The standard InChI is InChI=1S/C18H23N3O5/c1-12(22)18(26-16(19)25,10-13-6-3-2-4-7-13)15(24)21-9-5-8-17(21)11-20-14(17)23/h2-4,6-7,12,22H,5,8-11H2,1H3,(H2,19,25)(H,20,23)/t12-,17?,18+/m1/s1. The second-order valence-corrected chi connectivity index (χ2v) is 6.92. The summed E-state index contributed by atoms with van der Waals surface area (Å²) in [6.45, 7) is 2.10. The van der Waals surface area contributed by atoms with E-state index < -0.39 is 29.2 Å². The number of β-lactam (4-membered cyclic amide) rings is 1. The molecule has 8 heteroatoms. The van der Waals surface area contributed by atoms with E-state index in [0.717, 1.165) is 0 Å². The fourth-order valence-corrected chi connectivity index (χ4v) is 3.83. The van der Waals surface area contributed by atoms with Crippen LogP contribution in [0.25, 0.3) is 0 Å². The van der Waals surface area contributed by atoms with Gasteiger partial charge in [0.2, 0.25) is 11.5 Å². The Morgan fingerprint density at radius 1 is 1.42 bits per heavy atom. The molecule has 0 aromatic heterocycles. The molecular formula is C18H23N3O5. The van der Waals surface area contributed by atoms with Gasteiger partial charge in [0, 0.05) is 19.5 Å². The number of hydrogen-bond acceptors (Lipinski definition) is 5. The van der Waals surface area contributed by atoms with Crippen molar-refractivity contribution in [2.24, 2.45) is 5.73 Å². The lowest BCUT2D eigenvalue weighted by Crippen LogP contribution is -2.74. The van der Waals surface area contributed by atoms with E-state index in [2.05, 4.69) is 5.32 Å². The molecule has 1 unspecified atom stereocenters. The third-order valence-electron chi connectivity index (χ3n) is 5.33. The number of nitrogens with one attached hydrogen (secondary N) is 1. The summed E-state index contributed by atoms with van der Waals surface area (Å²) in [5.74, 6) is -0.816. The molecule has 1 aromatic carbocycles. The summed E-state index contributed by atoms with van der Waals surface area (Å²) in [5, 5.41) is 13.1. The first kappa shape index (κ1) is 18.2. The molecule has 2 saturated heterocycles. The predicted octanol–water partition coefficient (Wildman–Crippen LogP) is -0.0650. The van der Waals surface area contributed by atoms with Crippen LogP contribution in [0.2, 0.25) is 0 Å². The Morgan fingerprint density at radius 2 is 2.12 bits per heavy atom. The van der Waals surface area contributed by atoms with Crippen molar-refractivity contribution in [3.05, 3.63) is 35.9 Å². The van der Waals surface area contributed by atoms with E-state index in [1.807, 2.05) is 6.07 Å². The fraction of sp³-hybridized carbons (Fsp3) is 0.500. The molecule has 2 aliphatic rings. The van der Waals surface area contributed by atoms with E-state index in [9.17, 15) is 19.5 Å². The number of nitrogens with two attached hydrogens (primary N) is 1. The van der Waals surface area contributed by atoms with Crippen LogP contribution in [0.15, 0.2) is 30.3 Å². The summed E-state index contributed by atoms with van der Waals surface area (Å²) in [4.78, 5) is 38.6. The van der Waals surface area contributed by atoms with Crippen molar-refractivity contribution in [3.8, 4) is 0 Å². The molecule has 1 spiro atoms. The highest BCUT2D eigenvalue weighted by Gasteiger charge is 2.60. The Morgan fingerprint density at radius 3 is 2.62 bits per heavy atom. The van der Waals surface area contributed by atoms with E-state index in [1.54, 1.807) is 24.3 Å². The third kappa shape index (κ3) is 2.80. The molecule has 0 radical (unpaired) electrons. The number of nitrogens with zero attached hydrogens (tertiary/aromatic N) is 1. The Labute approximate surface area is 151 Å². The zero-order chi connectivity index (χ0) is 18.9. The monoisotopic (exact) mass is 361 g/mol. The first-order valence-electron chi connectivity index (χ1n) is 8.63. The van der Waals surface area contributed by atoms with E-state index in [4.69, 9.17) is 10.5 Å². The van der Waals surface area contributed by atoms with E-state index in [0.29, 0.717) is 31.5 Å². The van der Waals surface area contributed by atoms with Gasteiger partial charge in [0.25, 0.3) is 5.91 Å². The zero-order valence-electron chi connectivity index (χ0n) is 14.6. The van der Waals surface area contributed by atoms with Crippen molar-refractivity contribution in [2.45, 2.75) is 43.4 Å². The number of amides is 3. The number of benzene rings is 1. The minimum Gasteiger partial charge on any atom is -0.430 e. The van der Waals surface area contributed by atoms with Crippen molar-refractivity contribution in [2.75, 3.05) is 13.1 Å². The van der Waals surface area contributed by atoms with Crippen LogP contribution in [0.1, 0.15) is 25.3 Å². The molecule has 4 N–H and O–H groups in total. The number of carbonyl (C=O) groups excluding carboxylic acids is 3. The summed E-state index contributed by atoms with van der Waals surface area (Å²) in [6, 6.07) is 8.93. The maximum atomic E-state index is 13.5. The fourth-order valence-electron chi connectivity index (χ4n) is 3.83. The number of carbonyl (C=O) groups is 3. The molecule has 8 nitrogen and oxygen atoms in total. The number of aliphatic hydroxyl groups is 1. The minimum absolute atomic E-state index is 0.0402. The molecule has 2 aliphatic heterocycles. The summed E-state index contributed by atoms with van der Waals surface area (Å²) >= 11 is 0. The highest BCUT2D eigenvalue weighted by molar-refractivity contribution is 5.99. The first-order chi connectivity index (χ1) is 12.3. The number of likely N-dealkylation sites (tertiary alicyclic amines) is 1. The number of hydrogen-bond donors (Lipinski definition) is 3. The Hall–Kier alpha value is -2.61. The molecule has 2 fully saturated rings. The van der Waals surface area contributed by atoms with Crippen LogP contribution in [0.5, 0.6) is 0 Å². The molecule has 2 heterocycles. The quantitative estimate of drug-likeness (QED) is 0.634. The first-order valence-corrected chi connectivity index (χ1v) is 8.63. The van der Waals surface area contributed by atoms with E-state index >= 15 is 0 Å². The summed E-state index contributed by atoms with van der Waals surface area (Å²) in [5.41, 5.74) is 3.12. The van der Waals surface area contributed by atoms with Gasteiger partial charge < -0.3 is 25.8 Å². The van der Waals surface area contributed by atoms with Gasteiger partial charge >= 0.3 is 6.09 Å². The number of rotatable bonds is 5. The molecule has 3 atom stereocenters. The molecule has 1 aromatic rings. The topological polar surface area (TPSA) is 122 Å². The minimum atomic E-state index is -1.89. The highest BCUT2D eigenvalue weighted by atomic mass is 16.6. The molecule has 0 aliphatic carbocycles. The van der Waals surface area contributed by atoms with E-state index in [1.165, 1.54) is 11.8 Å². The van der Waals surface area contributed by atoms with Gasteiger partial charge in [-0.1, -0.05) is 30.3 Å². The second-order valence-electron chi connectivity index (χ2n) is 6.92. The highest BCUT2D eigenvalue weighted by Crippen LogP contribution is 2.38. The van der Waals surface area contributed by atoms with Gasteiger partial charge in [-0.2, -0.15) is 0 Å². The maximum absolute atomic E-state index is 13.5. The molecule has 3 amide bonds. The number of ether oxygens (including phenoxy) is 1. The van der Waals surface area contributed by atoms with Crippen LogP contribution >= 0.6 is 0 Å². The smallest absolute Gasteiger partial charge is 0.405 e. The predicted molar refractivity (Wildman–Crippen MR) is 91.9 cm³/mol. The Bertz CT molecular complexity index is 723. The van der Waals surface area contributed by atoms with Crippen molar-refractivity contribution in [1.29, 1.82) is 0 Å². The van der Waals surface area contributed by atoms with Crippen LogP contribution in [0.4, 0.5) is 4.79 Å². The summed E-state index contributed by atoms with van der Waals surface area (Å²) in [6.07, 6.45) is -1.30. The van der Waals surface area contributed by atoms with Crippen molar-refractivity contribution < 1.29 is 24.2 Å². The maximum Gasteiger partial charge on any atom is 0.405 e. The van der Waals surface area contributed by atoms with Crippen molar-refractivity contribution in [3.63, 3.8) is 0 Å². The largest absolute Gasteiger partial charge is 0.430 e. The summed E-state index contributed by atoms with van der Waals surface area (Å²) < 4.78 is 5.24. The SMILES string of the molecule is C[C@@H](O)[C@](Cc1ccccc1)(OC(N)=O)C(=O)N1CCCC12CNC2=O. The zero-order valence-corrected chi connectivity index (χ0v) is 14.6. The molecule has 3 rings (SSSR count). The average molecular weight is 361 g/mol. The summed E-state index contributed by atoms with van der Waals surface area (Å²) in [7, 11) is 0. The Kier molecular flexibility index (Phi) is 4.62.